The van der Waals surface area contributed by atoms with Crippen molar-refractivity contribution < 1.29 is 0 Å². The predicted octanol–water partition coefficient (Wildman–Crippen LogP) is 0.769. The molecule has 0 radical (unpaired) electrons. The highest BCUT2D eigenvalue weighted by atomic mass is 35.5. The van der Waals surface area contributed by atoms with E-state index in [9.17, 15) is 0 Å². The number of piperidine rings is 1. The standard InChI is InChI=1S/C8H14N4.ClH/c1-2-7(5-9-3-1)4-8-10-6-11-12-8;/h6-7,9H,1-5H2,(H,10,11,12);1H. The Morgan fingerprint density at radius 3 is 3.08 bits per heavy atom. The van der Waals surface area contributed by atoms with Gasteiger partial charge in [-0.2, -0.15) is 5.10 Å². The molecule has 1 aliphatic rings. The van der Waals surface area contributed by atoms with Crippen molar-refractivity contribution in [3.8, 4) is 0 Å². The van der Waals surface area contributed by atoms with Crippen LogP contribution in [0.3, 0.4) is 0 Å². The minimum absolute atomic E-state index is 0. The van der Waals surface area contributed by atoms with Crippen molar-refractivity contribution in [3.05, 3.63) is 12.2 Å². The Bertz CT molecular complexity index is 218. The monoisotopic (exact) mass is 202 g/mol. The molecule has 0 saturated carbocycles. The van der Waals surface area contributed by atoms with Gasteiger partial charge in [-0.3, -0.25) is 5.10 Å². The van der Waals surface area contributed by atoms with Gasteiger partial charge in [0.2, 0.25) is 0 Å². The molecule has 2 N–H and O–H groups in total. The maximum absolute atomic E-state index is 4.12. The van der Waals surface area contributed by atoms with Gasteiger partial charge in [0.15, 0.2) is 0 Å². The van der Waals surface area contributed by atoms with Crippen LogP contribution in [0, 0.1) is 5.92 Å². The smallest absolute Gasteiger partial charge is 0.137 e. The molecule has 1 atom stereocenters. The number of rotatable bonds is 2. The highest BCUT2D eigenvalue weighted by molar-refractivity contribution is 5.85. The van der Waals surface area contributed by atoms with E-state index >= 15 is 0 Å². The first kappa shape index (κ1) is 10.5. The molecule has 0 amide bonds. The Kier molecular flexibility index (Phi) is 4.18. The molecule has 1 saturated heterocycles. The van der Waals surface area contributed by atoms with E-state index in [1.54, 1.807) is 6.33 Å². The number of nitrogens with one attached hydrogen (secondary N) is 2. The molecule has 1 fully saturated rings. The third kappa shape index (κ3) is 2.97. The summed E-state index contributed by atoms with van der Waals surface area (Å²) in [7, 11) is 0. The van der Waals surface area contributed by atoms with Crippen molar-refractivity contribution in [1.29, 1.82) is 0 Å². The van der Waals surface area contributed by atoms with Crippen LogP contribution in [0.25, 0.3) is 0 Å². The lowest BCUT2D eigenvalue weighted by molar-refractivity contribution is 0.371. The lowest BCUT2D eigenvalue weighted by atomic mass is 9.96. The second-order valence-corrected chi connectivity index (χ2v) is 3.35. The topological polar surface area (TPSA) is 53.6 Å². The molecular weight excluding hydrogens is 188 g/mol. The fraction of sp³-hybridized carbons (Fsp3) is 0.750. The molecule has 0 spiro atoms. The molecular formula is C8H15ClN4. The van der Waals surface area contributed by atoms with Crippen molar-refractivity contribution in [2.45, 2.75) is 19.3 Å². The summed E-state index contributed by atoms with van der Waals surface area (Å²) in [6.45, 7) is 2.30. The number of aromatic amines is 1. The lowest BCUT2D eigenvalue weighted by Gasteiger charge is -2.21. The van der Waals surface area contributed by atoms with E-state index in [0.717, 1.165) is 24.7 Å². The average molecular weight is 203 g/mol. The summed E-state index contributed by atoms with van der Waals surface area (Å²) in [5.41, 5.74) is 0. The number of hydrogen-bond acceptors (Lipinski definition) is 3. The maximum atomic E-state index is 4.12. The van der Waals surface area contributed by atoms with Gasteiger partial charge < -0.3 is 5.32 Å². The second-order valence-electron chi connectivity index (χ2n) is 3.35. The quantitative estimate of drug-likeness (QED) is 0.745. The first-order valence-electron chi connectivity index (χ1n) is 4.50. The van der Waals surface area contributed by atoms with Crippen molar-refractivity contribution >= 4 is 12.4 Å². The maximum Gasteiger partial charge on any atom is 0.137 e. The van der Waals surface area contributed by atoms with Crippen molar-refractivity contribution in [2.75, 3.05) is 13.1 Å². The molecule has 1 aromatic rings. The van der Waals surface area contributed by atoms with Crippen LogP contribution in [0.4, 0.5) is 0 Å². The van der Waals surface area contributed by atoms with E-state index in [-0.39, 0.29) is 12.4 Å². The minimum atomic E-state index is 0. The number of H-pyrrole nitrogens is 1. The van der Waals surface area contributed by atoms with Crippen LogP contribution in [-0.2, 0) is 6.42 Å². The molecule has 4 nitrogen and oxygen atoms in total. The predicted molar refractivity (Wildman–Crippen MR) is 52.9 cm³/mol. The molecule has 74 valence electrons. The number of nitrogens with zero attached hydrogens (tertiary/aromatic N) is 2. The molecule has 1 unspecified atom stereocenters. The first-order chi connectivity index (χ1) is 5.95. The Hall–Kier alpha value is -0.610. The first-order valence-corrected chi connectivity index (χ1v) is 4.50. The van der Waals surface area contributed by atoms with Gasteiger partial charge in [-0.15, -0.1) is 12.4 Å². The van der Waals surface area contributed by atoms with Crippen LogP contribution in [0.15, 0.2) is 6.33 Å². The van der Waals surface area contributed by atoms with Crippen molar-refractivity contribution in [3.63, 3.8) is 0 Å². The summed E-state index contributed by atoms with van der Waals surface area (Å²) in [5, 5.41) is 10.1. The fourth-order valence-corrected chi connectivity index (χ4v) is 1.70. The second kappa shape index (κ2) is 5.19. The van der Waals surface area contributed by atoms with E-state index in [1.807, 2.05) is 0 Å². The van der Waals surface area contributed by atoms with Gasteiger partial charge in [-0.1, -0.05) is 0 Å². The van der Waals surface area contributed by atoms with Gasteiger partial charge in [0.25, 0.3) is 0 Å². The highest BCUT2D eigenvalue weighted by Gasteiger charge is 2.14. The largest absolute Gasteiger partial charge is 0.316 e. The number of aromatic nitrogens is 3. The normalized spacial score (nSPS) is 22.3. The molecule has 2 rings (SSSR count). The van der Waals surface area contributed by atoms with E-state index in [4.69, 9.17) is 0 Å². The van der Waals surface area contributed by atoms with E-state index < -0.39 is 0 Å². The zero-order valence-corrected chi connectivity index (χ0v) is 8.31. The molecule has 5 heteroatoms. The summed E-state index contributed by atoms with van der Waals surface area (Å²) in [6.07, 6.45) is 5.21. The van der Waals surface area contributed by atoms with Crippen molar-refractivity contribution in [1.82, 2.24) is 20.5 Å². The zero-order valence-electron chi connectivity index (χ0n) is 7.49. The number of hydrogen-bond donors (Lipinski definition) is 2. The summed E-state index contributed by atoms with van der Waals surface area (Å²) in [6, 6.07) is 0. The van der Waals surface area contributed by atoms with Gasteiger partial charge in [-0.05, 0) is 31.8 Å². The van der Waals surface area contributed by atoms with Crippen LogP contribution in [-0.4, -0.2) is 28.3 Å². The molecule has 1 aromatic heterocycles. The van der Waals surface area contributed by atoms with Gasteiger partial charge in [0, 0.05) is 6.42 Å². The minimum Gasteiger partial charge on any atom is -0.316 e. The van der Waals surface area contributed by atoms with E-state index in [1.165, 1.54) is 19.4 Å². The summed E-state index contributed by atoms with van der Waals surface area (Å²) in [5.74, 6) is 1.76. The summed E-state index contributed by atoms with van der Waals surface area (Å²) < 4.78 is 0. The molecule has 0 bridgehead atoms. The van der Waals surface area contributed by atoms with Crippen LogP contribution >= 0.6 is 12.4 Å². The zero-order chi connectivity index (χ0) is 8.23. The van der Waals surface area contributed by atoms with Gasteiger partial charge in [0.05, 0.1) is 0 Å². The van der Waals surface area contributed by atoms with Gasteiger partial charge in [-0.25, -0.2) is 4.98 Å². The third-order valence-electron chi connectivity index (χ3n) is 2.35. The van der Waals surface area contributed by atoms with Crippen LogP contribution in [0.2, 0.25) is 0 Å². The van der Waals surface area contributed by atoms with Crippen LogP contribution in [0.5, 0.6) is 0 Å². The van der Waals surface area contributed by atoms with Crippen LogP contribution < -0.4 is 5.32 Å². The van der Waals surface area contributed by atoms with Gasteiger partial charge in [0.1, 0.15) is 12.2 Å². The Labute approximate surface area is 83.9 Å². The van der Waals surface area contributed by atoms with Crippen molar-refractivity contribution in [2.24, 2.45) is 5.92 Å². The third-order valence-corrected chi connectivity index (χ3v) is 2.35. The summed E-state index contributed by atoms with van der Waals surface area (Å²) in [4.78, 5) is 4.12. The lowest BCUT2D eigenvalue weighted by Crippen LogP contribution is -2.31. The molecule has 13 heavy (non-hydrogen) atoms. The Morgan fingerprint density at radius 2 is 2.46 bits per heavy atom. The highest BCUT2D eigenvalue weighted by Crippen LogP contribution is 2.13. The number of halogens is 1. The Balaban J connectivity index is 0.000000845. The SMILES string of the molecule is Cl.c1n[nH]c(CC2CCCNC2)n1. The summed E-state index contributed by atoms with van der Waals surface area (Å²) >= 11 is 0. The molecule has 2 heterocycles. The fourth-order valence-electron chi connectivity index (χ4n) is 1.70. The van der Waals surface area contributed by atoms with Crippen LogP contribution in [0.1, 0.15) is 18.7 Å². The van der Waals surface area contributed by atoms with E-state index in [0.29, 0.717) is 0 Å². The molecule has 0 aliphatic carbocycles. The van der Waals surface area contributed by atoms with E-state index in [2.05, 4.69) is 20.5 Å². The Morgan fingerprint density at radius 1 is 1.54 bits per heavy atom. The van der Waals surface area contributed by atoms with Gasteiger partial charge >= 0.3 is 0 Å². The molecule has 1 aliphatic heterocycles. The molecule has 0 aromatic carbocycles. The average Bonchev–Trinajstić information content (AvgIpc) is 2.59.